The first-order valence-corrected chi connectivity index (χ1v) is 8.56. The molecule has 1 spiro atoms. The van der Waals surface area contributed by atoms with Crippen LogP contribution in [0.4, 0.5) is 0 Å². The number of nitrogens with two attached hydrogens (primary N) is 1. The van der Waals surface area contributed by atoms with E-state index in [1.54, 1.807) is 0 Å². The lowest BCUT2D eigenvalue weighted by molar-refractivity contribution is -0.0685. The van der Waals surface area contributed by atoms with Gasteiger partial charge >= 0.3 is 0 Å². The lowest BCUT2D eigenvalue weighted by Crippen LogP contribution is -2.72. The normalized spacial score (nSPS) is 49.1. The third kappa shape index (κ3) is 2.67. The second kappa shape index (κ2) is 6.15. The van der Waals surface area contributed by atoms with Crippen molar-refractivity contribution in [2.24, 2.45) is 28.9 Å². The first kappa shape index (κ1) is 16.6. The molecule has 3 N–H and O–H groups in total. The monoisotopic (exact) mass is 288 g/mol. The average Bonchev–Trinajstić information content (AvgIpc) is 2.47. The zero-order valence-electron chi connectivity index (χ0n) is 14.2. The molecule has 2 rings (SSSR count). The topological polar surface area (TPSA) is 38.0 Å². The first-order chi connectivity index (χ1) is 9.89. The van der Waals surface area contributed by atoms with E-state index in [-0.39, 0.29) is 16.9 Å². The molecule has 0 amide bonds. The van der Waals surface area contributed by atoms with Crippen molar-refractivity contribution < 1.29 is 0 Å². The zero-order valence-corrected chi connectivity index (χ0v) is 14.2. The minimum atomic E-state index is -0.197. The number of rotatable bonds is 1. The standard InChI is InChI=1S/C19H32N2/c1-6-16-9-12-19(11-8-14(3)21-13-10-16)17(7-2)15(4)18(19,5)20/h2,8,11,14-17,21H,6,9-10,12-13,20H2,1,3-5H3/b11-8+. The van der Waals surface area contributed by atoms with Gasteiger partial charge in [0, 0.05) is 22.9 Å². The van der Waals surface area contributed by atoms with Crippen LogP contribution in [0.5, 0.6) is 0 Å². The maximum atomic E-state index is 6.72. The van der Waals surface area contributed by atoms with Crippen LogP contribution in [0.15, 0.2) is 12.2 Å². The molecule has 2 heteroatoms. The van der Waals surface area contributed by atoms with Crippen LogP contribution in [0.25, 0.3) is 0 Å². The van der Waals surface area contributed by atoms with Gasteiger partial charge in [-0.15, -0.1) is 12.3 Å². The summed E-state index contributed by atoms with van der Waals surface area (Å²) >= 11 is 0. The molecular formula is C19H32N2. The van der Waals surface area contributed by atoms with Gasteiger partial charge in [0.05, 0.1) is 0 Å². The molecule has 0 aromatic carbocycles. The molecule has 0 radical (unpaired) electrons. The van der Waals surface area contributed by atoms with E-state index >= 15 is 0 Å². The van der Waals surface area contributed by atoms with E-state index in [1.807, 2.05) is 0 Å². The summed E-state index contributed by atoms with van der Waals surface area (Å²) in [6.45, 7) is 10.0. The summed E-state index contributed by atoms with van der Waals surface area (Å²) in [5.74, 6) is 4.48. The minimum Gasteiger partial charge on any atom is -0.324 e. The zero-order chi connectivity index (χ0) is 15.7. The number of terminal acetylenes is 1. The van der Waals surface area contributed by atoms with Crippen molar-refractivity contribution in [2.45, 2.75) is 65.0 Å². The van der Waals surface area contributed by atoms with Gasteiger partial charge in [0.2, 0.25) is 0 Å². The van der Waals surface area contributed by atoms with Gasteiger partial charge in [-0.1, -0.05) is 32.4 Å². The molecule has 2 nitrogen and oxygen atoms in total. The summed E-state index contributed by atoms with van der Waals surface area (Å²) in [7, 11) is 0. The molecule has 0 aromatic heterocycles. The van der Waals surface area contributed by atoms with E-state index in [2.05, 4.69) is 51.1 Å². The van der Waals surface area contributed by atoms with Crippen LogP contribution in [0.2, 0.25) is 0 Å². The molecule has 0 saturated heterocycles. The third-order valence-electron chi connectivity index (χ3n) is 6.43. The summed E-state index contributed by atoms with van der Waals surface area (Å²) in [6.07, 6.45) is 15.3. The maximum Gasteiger partial charge on any atom is 0.0352 e. The van der Waals surface area contributed by atoms with Crippen LogP contribution in [0, 0.1) is 35.5 Å². The van der Waals surface area contributed by atoms with Crippen LogP contribution >= 0.6 is 0 Å². The van der Waals surface area contributed by atoms with Crippen molar-refractivity contribution in [3.05, 3.63) is 12.2 Å². The van der Waals surface area contributed by atoms with Crippen molar-refractivity contribution in [1.29, 1.82) is 0 Å². The minimum absolute atomic E-state index is 0.0259. The Morgan fingerprint density at radius 1 is 1.38 bits per heavy atom. The van der Waals surface area contributed by atoms with Gasteiger partial charge in [0.15, 0.2) is 0 Å². The molecule has 118 valence electrons. The fourth-order valence-electron chi connectivity index (χ4n) is 4.43. The van der Waals surface area contributed by atoms with Crippen LogP contribution in [0.1, 0.15) is 53.4 Å². The smallest absolute Gasteiger partial charge is 0.0352 e. The maximum absolute atomic E-state index is 6.72. The van der Waals surface area contributed by atoms with Gasteiger partial charge in [0.25, 0.3) is 0 Å². The average molecular weight is 288 g/mol. The van der Waals surface area contributed by atoms with Gasteiger partial charge in [-0.3, -0.25) is 0 Å². The number of nitrogens with one attached hydrogen (secondary N) is 1. The van der Waals surface area contributed by atoms with Crippen molar-refractivity contribution in [2.75, 3.05) is 6.54 Å². The Morgan fingerprint density at radius 3 is 2.71 bits per heavy atom. The molecule has 1 fully saturated rings. The predicted octanol–water partition coefficient (Wildman–Crippen LogP) is 3.33. The SMILES string of the molecule is C#CC1C(C)C(C)(N)C12/C=C/C(C)NCCC(CC)CC2. The van der Waals surface area contributed by atoms with Crippen LogP contribution < -0.4 is 11.1 Å². The van der Waals surface area contributed by atoms with Crippen LogP contribution in [-0.2, 0) is 0 Å². The fraction of sp³-hybridized carbons (Fsp3) is 0.789. The molecule has 2 aliphatic rings. The lowest BCUT2D eigenvalue weighted by atomic mass is 9.42. The highest BCUT2D eigenvalue weighted by atomic mass is 14.9. The van der Waals surface area contributed by atoms with E-state index in [1.165, 1.54) is 19.3 Å². The molecular weight excluding hydrogens is 256 g/mol. The van der Waals surface area contributed by atoms with Crippen LogP contribution in [-0.4, -0.2) is 18.1 Å². The van der Waals surface area contributed by atoms with Gasteiger partial charge in [-0.25, -0.2) is 0 Å². The molecule has 1 aliphatic carbocycles. The Morgan fingerprint density at radius 2 is 2.10 bits per heavy atom. The second-order valence-electron chi connectivity index (χ2n) is 7.46. The van der Waals surface area contributed by atoms with Crippen molar-refractivity contribution in [3.8, 4) is 12.3 Å². The molecule has 1 aliphatic heterocycles. The van der Waals surface area contributed by atoms with Gasteiger partial charge in [-0.05, 0) is 51.5 Å². The van der Waals surface area contributed by atoms with Crippen molar-refractivity contribution in [1.82, 2.24) is 5.32 Å². The van der Waals surface area contributed by atoms with Crippen molar-refractivity contribution in [3.63, 3.8) is 0 Å². The third-order valence-corrected chi connectivity index (χ3v) is 6.43. The highest BCUT2D eigenvalue weighted by Gasteiger charge is 2.63. The van der Waals surface area contributed by atoms with E-state index < -0.39 is 0 Å². The fourth-order valence-corrected chi connectivity index (χ4v) is 4.43. The Hall–Kier alpha value is -0.780. The van der Waals surface area contributed by atoms with Gasteiger partial charge in [0.1, 0.15) is 0 Å². The number of hydrogen-bond acceptors (Lipinski definition) is 2. The molecule has 1 saturated carbocycles. The molecule has 6 unspecified atom stereocenters. The van der Waals surface area contributed by atoms with E-state index in [4.69, 9.17) is 12.2 Å². The summed E-state index contributed by atoms with van der Waals surface area (Å²) in [4.78, 5) is 0. The summed E-state index contributed by atoms with van der Waals surface area (Å²) in [5, 5.41) is 3.59. The van der Waals surface area contributed by atoms with E-state index in [0.717, 1.165) is 18.9 Å². The first-order valence-electron chi connectivity index (χ1n) is 8.56. The molecule has 0 bridgehead atoms. The van der Waals surface area contributed by atoms with Crippen molar-refractivity contribution >= 4 is 0 Å². The second-order valence-corrected chi connectivity index (χ2v) is 7.46. The van der Waals surface area contributed by atoms with Gasteiger partial charge in [-0.2, -0.15) is 0 Å². The number of hydrogen-bond donors (Lipinski definition) is 2. The molecule has 21 heavy (non-hydrogen) atoms. The molecule has 6 atom stereocenters. The molecule has 1 heterocycles. The highest BCUT2D eigenvalue weighted by Crippen LogP contribution is 2.60. The van der Waals surface area contributed by atoms with E-state index in [9.17, 15) is 0 Å². The molecule has 0 aromatic rings. The quantitative estimate of drug-likeness (QED) is 0.574. The largest absolute Gasteiger partial charge is 0.324 e. The summed E-state index contributed by atoms with van der Waals surface area (Å²) in [5.41, 5.74) is 6.49. The lowest BCUT2D eigenvalue weighted by Gasteiger charge is -2.64. The Labute approximate surface area is 130 Å². The highest BCUT2D eigenvalue weighted by molar-refractivity contribution is 5.31. The van der Waals surface area contributed by atoms with Crippen LogP contribution in [0.3, 0.4) is 0 Å². The van der Waals surface area contributed by atoms with E-state index in [0.29, 0.717) is 12.0 Å². The Balaban J connectivity index is 2.33. The predicted molar refractivity (Wildman–Crippen MR) is 90.7 cm³/mol. The Bertz CT molecular complexity index is 431. The Kier molecular flexibility index (Phi) is 4.85. The van der Waals surface area contributed by atoms with Gasteiger partial charge < -0.3 is 11.1 Å². The summed E-state index contributed by atoms with van der Waals surface area (Å²) < 4.78 is 0. The summed E-state index contributed by atoms with van der Waals surface area (Å²) in [6, 6.07) is 0.391.